The Kier molecular flexibility index (Phi) is 9.43. The van der Waals surface area contributed by atoms with E-state index in [-0.39, 0.29) is 34.2 Å². The van der Waals surface area contributed by atoms with Crippen LogP contribution in [0.15, 0.2) is 23.4 Å². The van der Waals surface area contributed by atoms with Crippen LogP contribution in [-0.2, 0) is 9.63 Å². The fourth-order valence-electron chi connectivity index (χ4n) is 3.47. The first-order valence-electron chi connectivity index (χ1n) is 10.8. The summed E-state index contributed by atoms with van der Waals surface area (Å²) in [6.45, 7) is 4.15. The Morgan fingerprint density at radius 1 is 0.871 bits per heavy atom. The van der Waals surface area contributed by atoms with Gasteiger partial charge in [0.05, 0.1) is 31.1 Å². The molecule has 0 amide bonds. The van der Waals surface area contributed by atoms with Crippen molar-refractivity contribution in [2.24, 2.45) is 5.16 Å². The van der Waals surface area contributed by atoms with Gasteiger partial charge in [-0.05, 0) is 37.5 Å². The van der Waals surface area contributed by atoms with Crippen molar-refractivity contribution < 1.29 is 28.7 Å². The number of nitrogens with zero attached hydrogens (tertiary/aromatic N) is 1. The first kappa shape index (κ1) is 24.3. The van der Waals surface area contributed by atoms with Gasteiger partial charge in [0, 0.05) is 12.0 Å². The highest BCUT2D eigenvalue weighted by Gasteiger charge is 2.31. The van der Waals surface area contributed by atoms with Crippen molar-refractivity contribution in [2.75, 3.05) is 14.2 Å². The van der Waals surface area contributed by atoms with E-state index >= 15 is 0 Å². The summed E-state index contributed by atoms with van der Waals surface area (Å²) in [6, 6.07) is 1.62. The SMILES string of the molecule is CCCCCC(=O)ON=C(CCCCC)c1cc(OC)c2c(c1OC)C(=O)C=CC2=O. The molecule has 7 heteroatoms. The number of rotatable bonds is 12. The molecule has 0 fully saturated rings. The summed E-state index contributed by atoms with van der Waals surface area (Å²) in [7, 11) is 2.87. The van der Waals surface area contributed by atoms with Crippen LogP contribution in [0.2, 0.25) is 0 Å². The van der Waals surface area contributed by atoms with Crippen LogP contribution in [0.3, 0.4) is 0 Å². The van der Waals surface area contributed by atoms with Crippen molar-refractivity contribution in [1.29, 1.82) is 0 Å². The Hall–Kier alpha value is -2.96. The average molecular weight is 430 g/mol. The predicted octanol–water partition coefficient (Wildman–Crippen LogP) is 5.05. The molecule has 1 aromatic rings. The minimum atomic E-state index is -0.403. The lowest BCUT2D eigenvalue weighted by Crippen LogP contribution is -2.18. The van der Waals surface area contributed by atoms with Crippen LogP contribution < -0.4 is 9.47 Å². The van der Waals surface area contributed by atoms with Gasteiger partial charge in [-0.15, -0.1) is 0 Å². The average Bonchev–Trinajstić information content (AvgIpc) is 2.77. The van der Waals surface area contributed by atoms with E-state index in [2.05, 4.69) is 19.0 Å². The third kappa shape index (κ3) is 6.03. The molecular formula is C24H31NO6. The Bertz CT molecular complexity index is 885. The van der Waals surface area contributed by atoms with Gasteiger partial charge in [0.25, 0.3) is 0 Å². The number of fused-ring (bicyclic) bond motifs is 1. The first-order chi connectivity index (χ1) is 15.0. The van der Waals surface area contributed by atoms with E-state index in [1.54, 1.807) is 6.07 Å². The maximum atomic E-state index is 12.6. The molecule has 1 aliphatic rings. The molecule has 0 aliphatic heterocycles. The lowest BCUT2D eigenvalue weighted by Gasteiger charge is -2.20. The summed E-state index contributed by atoms with van der Waals surface area (Å²) in [5.74, 6) is -0.597. The highest BCUT2D eigenvalue weighted by Crippen LogP contribution is 2.38. The van der Waals surface area contributed by atoms with Crippen LogP contribution in [0.25, 0.3) is 0 Å². The quantitative estimate of drug-likeness (QED) is 0.200. The number of hydrogen-bond acceptors (Lipinski definition) is 7. The number of hydrogen-bond donors (Lipinski definition) is 0. The summed E-state index contributed by atoms with van der Waals surface area (Å²) in [4.78, 5) is 42.3. The maximum absolute atomic E-state index is 12.6. The Labute approximate surface area is 183 Å². The van der Waals surface area contributed by atoms with Crippen molar-refractivity contribution >= 4 is 23.2 Å². The monoisotopic (exact) mass is 429 g/mol. The molecule has 0 atom stereocenters. The zero-order valence-corrected chi connectivity index (χ0v) is 18.8. The molecule has 0 heterocycles. The molecule has 0 aromatic heterocycles. The third-order valence-electron chi connectivity index (χ3n) is 5.12. The number of ether oxygens (including phenoxy) is 2. The van der Waals surface area contributed by atoms with Gasteiger partial charge in [0.1, 0.15) is 11.5 Å². The molecule has 0 unspecified atom stereocenters. The van der Waals surface area contributed by atoms with Gasteiger partial charge in [-0.2, -0.15) is 0 Å². The zero-order chi connectivity index (χ0) is 22.8. The number of carbonyl (C=O) groups is 3. The van der Waals surface area contributed by atoms with E-state index in [0.29, 0.717) is 24.1 Å². The van der Waals surface area contributed by atoms with Gasteiger partial charge in [-0.3, -0.25) is 9.59 Å². The number of carbonyl (C=O) groups excluding carboxylic acids is 3. The van der Waals surface area contributed by atoms with Crippen LogP contribution in [0.1, 0.15) is 91.5 Å². The van der Waals surface area contributed by atoms with E-state index in [9.17, 15) is 14.4 Å². The fraction of sp³-hybridized carbons (Fsp3) is 0.500. The van der Waals surface area contributed by atoms with Crippen LogP contribution in [0.5, 0.6) is 11.5 Å². The molecule has 31 heavy (non-hydrogen) atoms. The van der Waals surface area contributed by atoms with Crippen LogP contribution in [0.4, 0.5) is 0 Å². The van der Waals surface area contributed by atoms with E-state index < -0.39 is 5.97 Å². The van der Waals surface area contributed by atoms with Gasteiger partial charge < -0.3 is 14.3 Å². The molecule has 0 saturated heterocycles. The minimum absolute atomic E-state index is 0.141. The number of methoxy groups -OCH3 is 2. The summed E-state index contributed by atoms with van der Waals surface area (Å²) < 4.78 is 11.0. The summed E-state index contributed by atoms with van der Waals surface area (Å²) in [5.41, 5.74) is 1.26. The van der Waals surface area contributed by atoms with Gasteiger partial charge in [-0.25, -0.2) is 4.79 Å². The van der Waals surface area contributed by atoms with Crippen molar-refractivity contribution in [2.45, 2.75) is 65.2 Å². The topological polar surface area (TPSA) is 91.3 Å². The lowest BCUT2D eigenvalue weighted by molar-refractivity contribution is -0.143. The summed E-state index contributed by atoms with van der Waals surface area (Å²) >= 11 is 0. The van der Waals surface area contributed by atoms with Gasteiger partial charge in [0.2, 0.25) is 0 Å². The fourth-order valence-corrected chi connectivity index (χ4v) is 3.47. The third-order valence-corrected chi connectivity index (χ3v) is 5.12. The highest BCUT2D eigenvalue weighted by atomic mass is 16.7. The largest absolute Gasteiger partial charge is 0.496 e. The standard InChI is InChI=1S/C24H31NO6/c1-5-7-9-11-17(25-31-21(28)12-10-8-6-2)16-15-20(29-3)22-18(26)13-14-19(27)23(22)24(16)30-4/h13-15H,5-12H2,1-4H3. The minimum Gasteiger partial charge on any atom is -0.496 e. The molecule has 0 saturated carbocycles. The summed E-state index contributed by atoms with van der Waals surface area (Å²) in [5, 5.41) is 4.14. The van der Waals surface area contributed by atoms with Crippen molar-refractivity contribution in [3.8, 4) is 11.5 Å². The van der Waals surface area contributed by atoms with Crippen molar-refractivity contribution in [3.63, 3.8) is 0 Å². The maximum Gasteiger partial charge on any atom is 0.335 e. The molecule has 1 aliphatic carbocycles. The molecule has 1 aromatic carbocycles. The van der Waals surface area contributed by atoms with Gasteiger partial charge in [0.15, 0.2) is 11.6 Å². The molecule has 7 nitrogen and oxygen atoms in total. The second-order valence-electron chi connectivity index (χ2n) is 7.39. The van der Waals surface area contributed by atoms with Gasteiger partial charge in [-0.1, -0.05) is 44.7 Å². The molecule has 168 valence electrons. The first-order valence-corrected chi connectivity index (χ1v) is 10.8. The zero-order valence-electron chi connectivity index (χ0n) is 18.8. The van der Waals surface area contributed by atoms with E-state index in [4.69, 9.17) is 14.3 Å². The molecule has 0 bridgehead atoms. The van der Waals surface area contributed by atoms with Crippen LogP contribution in [0, 0.1) is 0 Å². The molecule has 0 spiro atoms. The molecule has 0 radical (unpaired) electrons. The van der Waals surface area contributed by atoms with Crippen LogP contribution >= 0.6 is 0 Å². The number of allylic oxidation sites excluding steroid dienone is 2. The Morgan fingerprint density at radius 3 is 2.06 bits per heavy atom. The molecular weight excluding hydrogens is 398 g/mol. The smallest absolute Gasteiger partial charge is 0.335 e. The Balaban J connectivity index is 2.50. The second kappa shape index (κ2) is 12.0. The summed E-state index contributed by atoms with van der Waals surface area (Å²) in [6.07, 6.45) is 8.74. The van der Waals surface area contributed by atoms with E-state index in [1.165, 1.54) is 26.4 Å². The predicted molar refractivity (Wildman–Crippen MR) is 118 cm³/mol. The number of oxime groups is 1. The van der Waals surface area contributed by atoms with Gasteiger partial charge >= 0.3 is 5.97 Å². The van der Waals surface area contributed by atoms with E-state index in [1.807, 2.05) is 0 Å². The number of benzene rings is 1. The molecule has 2 rings (SSSR count). The normalized spacial score (nSPS) is 13.2. The highest BCUT2D eigenvalue weighted by molar-refractivity contribution is 6.25. The van der Waals surface area contributed by atoms with Crippen LogP contribution in [-0.4, -0.2) is 37.5 Å². The Morgan fingerprint density at radius 2 is 1.48 bits per heavy atom. The van der Waals surface area contributed by atoms with E-state index in [0.717, 1.165) is 38.5 Å². The van der Waals surface area contributed by atoms with Crippen molar-refractivity contribution in [1.82, 2.24) is 0 Å². The molecule has 0 N–H and O–H groups in total. The van der Waals surface area contributed by atoms with Crippen molar-refractivity contribution in [3.05, 3.63) is 34.9 Å². The second-order valence-corrected chi connectivity index (χ2v) is 7.39. The number of unbranched alkanes of at least 4 members (excludes halogenated alkanes) is 4. The lowest BCUT2D eigenvalue weighted by atomic mass is 9.88. The number of ketones is 2.